The highest BCUT2D eigenvalue weighted by molar-refractivity contribution is 7.91. The van der Waals surface area contributed by atoms with Gasteiger partial charge in [0.05, 0.1) is 11.5 Å². The van der Waals surface area contributed by atoms with Gasteiger partial charge in [0.1, 0.15) is 0 Å². The number of nitrogens with one attached hydrogen (secondary N) is 1. The summed E-state index contributed by atoms with van der Waals surface area (Å²) >= 11 is 0. The standard InChI is InChI=1S/C16H27NO2S/c1-4-6-12-20(18,19)13-16(17-11-5-2)15-10-8-7-9-14(15)3/h7-10,16-17H,4-6,11-13H2,1-3H3. The van der Waals surface area contributed by atoms with Crippen molar-refractivity contribution in [1.82, 2.24) is 5.32 Å². The van der Waals surface area contributed by atoms with Crippen molar-refractivity contribution >= 4 is 9.84 Å². The number of benzene rings is 1. The molecule has 0 heterocycles. The zero-order valence-electron chi connectivity index (χ0n) is 12.9. The molecular weight excluding hydrogens is 270 g/mol. The van der Waals surface area contributed by atoms with Crippen LogP contribution >= 0.6 is 0 Å². The molecule has 1 N–H and O–H groups in total. The molecule has 20 heavy (non-hydrogen) atoms. The van der Waals surface area contributed by atoms with E-state index >= 15 is 0 Å². The molecule has 3 nitrogen and oxygen atoms in total. The summed E-state index contributed by atoms with van der Waals surface area (Å²) < 4.78 is 24.4. The monoisotopic (exact) mass is 297 g/mol. The number of rotatable bonds is 9. The third-order valence-corrected chi connectivity index (χ3v) is 5.19. The summed E-state index contributed by atoms with van der Waals surface area (Å²) in [5.41, 5.74) is 2.24. The Balaban J connectivity index is 2.87. The van der Waals surface area contributed by atoms with Crippen molar-refractivity contribution in [2.45, 2.75) is 46.1 Å². The van der Waals surface area contributed by atoms with E-state index < -0.39 is 9.84 Å². The molecule has 0 aliphatic rings. The molecule has 114 valence electrons. The zero-order valence-corrected chi connectivity index (χ0v) is 13.7. The fraction of sp³-hybridized carbons (Fsp3) is 0.625. The van der Waals surface area contributed by atoms with Crippen LogP contribution in [0.5, 0.6) is 0 Å². The van der Waals surface area contributed by atoms with Crippen LogP contribution in [0.2, 0.25) is 0 Å². The van der Waals surface area contributed by atoms with E-state index in [1.165, 1.54) is 0 Å². The molecule has 0 radical (unpaired) electrons. The molecule has 0 spiro atoms. The molecule has 1 rings (SSSR count). The molecule has 0 aliphatic carbocycles. The first-order valence-corrected chi connectivity index (χ1v) is 9.31. The van der Waals surface area contributed by atoms with Gasteiger partial charge < -0.3 is 5.32 Å². The summed E-state index contributed by atoms with van der Waals surface area (Å²) in [7, 11) is -3.00. The van der Waals surface area contributed by atoms with Crippen molar-refractivity contribution in [1.29, 1.82) is 0 Å². The van der Waals surface area contributed by atoms with Gasteiger partial charge in [0.15, 0.2) is 9.84 Å². The highest BCUT2D eigenvalue weighted by atomic mass is 32.2. The largest absolute Gasteiger partial charge is 0.309 e. The highest BCUT2D eigenvalue weighted by Gasteiger charge is 2.21. The lowest BCUT2D eigenvalue weighted by Gasteiger charge is -2.21. The SMILES string of the molecule is CCCCS(=O)(=O)CC(NCCC)c1ccccc1C. The van der Waals surface area contributed by atoms with Gasteiger partial charge in [-0.3, -0.25) is 0 Å². The van der Waals surface area contributed by atoms with E-state index in [4.69, 9.17) is 0 Å². The van der Waals surface area contributed by atoms with Crippen LogP contribution in [0.3, 0.4) is 0 Å². The second kappa shape index (κ2) is 8.42. The molecular formula is C16H27NO2S. The molecule has 0 aliphatic heterocycles. The van der Waals surface area contributed by atoms with E-state index in [9.17, 15) is 8.42 Å². The fourth-order valence-electron chi connectivity index (χ4n) is 2.26. The lowest BCUT2D eigenvalue weighted by atomic mass is 10.0. The first kappa shape index (κ1) is 17.2. The molecule has 0 saturated carbocycles. The summed E-state index contributed by atoms with van der Waals surface area (Å²) in [6, 6.07) is 7.92. The maximum absolute atomic E-state index is 12.2. The number of hydrogen-bond donors (Lipinski definition) is 1. The Morgan fingerprint density at radius 1 is 1.15 bits per heavy atom. The molecule has 0 saturated heterocycles. The Morgan fingerprint density at radius 3 is 2.45 bits per heavy atom. The fourth-order valence-corrected chi connectivity index (χ4v) is 3.96. The van der Waals surface area contributed by atoms with Gasteiger partial charge >= 0.3 is 0 Å². The number of aryl methyl sites for hydroxylation is 1. The minimum atomic E-state index is -3.00. The van der Waals surface area contributed by atoms with Crippen LogP contribution < -0.4 is 5.32 Å². The van der Waals surface area contributed by atoms with Crippen molar-refractivity contribution in [3.05, 3.63) is 35.4 Å². The minimum absolute atomic E-state index is 0.0991. The van der Waals surface area contributed by atoms with Gasteiger partial charge in [0.2, 0.25) is 0 Å². The minimum Gasteiger partial charge on any atom is -0.309 e. The normalized spacial score (nSPS) is 13.3. The Kier molecular flexibility index (Phi) is 7.24. The van der Waals surface area contributed by atoms with Crippen LogP contribution in [0.25, 0.3) is 0 Å². The van der Waals surface area contributed by atoms with Gasteiger partial charge in [-0.25, -0.2) is 8.42 Å². The smallest absolute Gasteiger partial charge is 0.152 e. The summed E-state index contributed by atoms with van der Waals surface area (Å²) in [6.07, 6.45) is 2.66. The van der Waals surface area contributed by atoms with Crippen molar-refractivity contribution in [3.63, 3.8) is 0 Å². The second-order valence-corrected chi connectivity index (χ2v) is 7.56. The third kappa shape index (κ3) is 5.63. The van der Waals surface area contributed by atoms with Crippen molar-refractivity contribution in [3.8, 4) is 0 Å². The van der Waals surface area contributed by atoms with Crippen LogP contribution in [-0.4, -0.2) is 26.5 Å². The Labute approximate surface area is 123 Å². The van der Waals surface area contributed by atoms with Crippen LogP contribution in [0.4, 0.5) is 0 Å². The number of sulfone groups is 1. The summed E-state index contributed by atoms with van der Waals surface area (Å²) in [6.45, 7) is 6.98. The predicted octanol–water partition coefficient (Wildman–Crippen LogP) is 3.25. The highest BCUT2D eigenvalue weighted by Crippen LogP contribution is 2.20. The van der Waals surface area contributed by atoms with Crippen molar-refractivity contribution in [2.24, 2.45) is 0 Å². The molecule has 1 unspecified atom stereocenters. The maximum atomic E-state index is 12.2. The van der Waals surface area contributed by atoms with E-state index in [2.05, 4.69) is 12.2 Å². The molecule has 1 aromatic rings. The Morgan fingerprint density at radius 2 is 1.85 bits per heavy atom. The molecule has 0 amide bonds. The van der Waals surface area contributed by atoms with Crippen LogP contribution in [0, 0.1) is 6.92 Å². The summed E-state index contributed by atoms with van der Waals surface area (Å²) in [5.74, 6) is 0.484. The molecule has 0 fully saturated rings. The first-order chi connectivity index (χ1) is 9.50. The molecule has 0 bridgehead atoms. The summed E-state index contributed by atoms with van der Waals surface area (Å²) in [5, 5.41) is 3.38. The van der Waals surface area contributed by atoms with E-state index in [0.717, 1.165) is 36.9 Å². The Bertz CT molecular complexity index is 497. The van der Waals surface area contributed by atoms with Gasteiger partial charge in [-0.05, 0) is 37.4 Å². The van der Waals surface area contributed by atoms with E-state index in [-0.39, 0.29) is 11.8 Å². The van der Waals surface area contributed by atoms with Gasteiger partial charge in [-0.15, -0.1) is 0 Å². The van der Waals surface area contributed by atoms with E-state index in [1.807, 2.05) is 38.1 Å². The predicted molar refractivity (Wildman–Crippen MR) is 85.8 cm³/mol. The van der Waals surface area contributed by atoms with Crippen molar-refractivity contribution < 1.29 is 8.42 Å². The molecule has 4 heteroatoms. The first-order valence-electron chi connectivity index (χ1n) is 7.49. The summed E-state index contributed by atoms with van der Waals surface area (Å²) in [4.78, 5) is 0. The quantitative estimate of drug-likeness (QED) is 0.761. The lowest BCUT2D eigenvalue weighted by Crippen LogP contribution is -2.30. The average Bonchev–Trinajstić information content (AvgIpc) is 2.42. The van der Waals surface area contributed by atoms with Crippen molar-refractivity contribution in [2.75, 3.05) is 18.1 Å². The van der Waals surface area contributed by atoms with Gasteiger partial charge in [-0.2, -0.15) is 0 Å². The zero-order chi connectivity index (χ0) is 15.0. The van der Waals surface area contributed by atoms with Crippen LogP contribution in [0.1, 0.15) is 50.3 Å². The van der Waals surface area contributed by atoms with Gasteiger partial charge in [-0.1, -0.05) is 44.5 Å². The number of hydrogen-bond acceptors (Lipinski definition) is 3. The average molecular weight is 297 g/mol. The molecule has 1 atom stereocenters. The molecule has 1 aromatic carbocycles. The van der Waals surface area contributed by atoms with Crippen LogP contribution in [0.15, 0.2) is 24.3 Å². The van der Waals surface area contributed by atoms with Gasteiger partial charge in [0, 0.05) is 6.04 Å². The third-order valence-electron chi connectivity index (χ3n) is 3.43. The van der Waals surface area contributed by atoms with Crippen LogP contribution in [-0.2, 0) is 9.84 Å². The lowest BCUT2D eigenvalue weighted by molar-refractivity contribution is 0.543. The van der Waals surface area contributed by atoms with Gasteiger partial charge in [0.25, 0.3) is 0 Å². The second-order valence-electron chi connectivity index (χ2n) is 5.33. The van der Waals surface area contributed by atoms with E-state index in [1.54, 1.807) is 0 Å². The number of unbranched alkanes of at least 4 members (excludes halogenated alkanes) is 1. The Hall–Kier alpha value is -0.870. The maximum Gasteiger partial charge on any atom is 0.152 e. The molecule has 0 aromatic heterocycles. The van der Waals surface area contributed by atoms with E-state index in [0.29, 0.717) is 5.75 Å². The topological polar surface area (TPSA) is 46.2 Å².